The molecule has 0 bridgehead atoms. The van der Waals surface area contributed by atoms with Gasteiger partial charge in [0.05, 0.1) is 12.7 Å². The van der Waals surface area contributed by atoms with Crippen LogP contribution in [0, 0.1) is 0 Å². The summed E-state index contributed by atoms with van der Waals surface area (Å²) in [6.45, 7) is 6.75. The van der Waals surface area contributed by atoms with Crippen LogP contribution in [0.1, 0.15) is 18.9 Å². The Morgan fingerprint density at radius 2 is 2.21 bits per heavy atom. The molecule has 1 aromatic carbocycles. The fourth-order valence-corrected chi connectivity index (χ4v) is 1.16. The molecule has 0 amide bonds. The van der Waals surface area contributed by atoms with Crippen molar-refractivity contribution in [2.24, 2.45) is 0 Å². The summed E-state index contributed by atoms with van der Waals surface area (Å²) in [5.74, 6) is 0. The van der Waals surface area contributed by atoms with Gasteiger partial charge in [0.2, 0.25) is 0 Å². The van der Waals surface area contributed by atoms with Crippen molar-refractivity contribution in [1.82, 2.24) is 0 Å². The second-order valence-corrected chi connectivity index (χ2v) is 3.50. The molecule has 0 radical (unpaired) electrons. The summed E-state index contributed by atoms with van der Waals surface area (Å²) in [5, 5.41) is 0.757. The summed E-state index contributed by atoms with van der Waals surface area (Å²) >= 11 is 5.75. The number of epoxide rings is 1. The van der Waals surface area contributed by atoms with Crippen LogP contribution in [0.15, 0.2) is 30.8 Å². The van der Waals surface area contributed by atoms with Gasteiger partial charge in [0.1, 0.15) is 0 Å². The molecule has 1 atom stereocenters. The number of benzene rings is 1. The van der Waals surface area contributed by atoms with Gasteiger partial charge in [-0.05, 0) is 18.1 Å². The van der Waals surface area contributed by atoms with Crippen molar-refractivity contribution in [3.63, 3.8) is 0 Å². The Hall–Kier alpha value is -0.790. The fourth-order valence-electron chi connectivity index (χ4n) is 0.944. The highest BCUT2D eigenvalue weighted by Gasteiger charge is 2.18. The summed E-state index contributed by atoms with van der Waals surface area (Å²) in [6, 6.07) is 7.60. The minimum absolute atomic E-state index is 0.634. The van der Waals surface area contributed by atoms with Crippen LogP contribution in [0.5, 0.6) is 0 Å². The zero-order valence-electron chi connectivity index (χ0n) is 8.37. The molecular formula is C12H15ClO. The van der Waals surface area contributed by atoms with Gasteiger partial charge in [-0.15, -0.1) is 0 Å². The molecule has 1 unspecified atom stereocenters. The third-order valence-corrected chi connectivity index (χ3v) is 2.33. The van der Waals surface area contributed by atoms with E-state index in [9.17, 15) is 0 Å². The van der Waals surface area contributed by atoms with Crippen LogP contribution in [0.4, 0.5) is 0 Å². The molecule has 1 fully saturated rings. The molecule has 1 aromatic rings. The van der Waals surface area contributed by atoms with Crippen LogP contribution in [0.25, 0.3) is 6.08 Å². The largest absolute Gasteiger partial charge is 0.373 e. The molecule has 1 heterocycles. The van der Waals surface area contributed by atoms with Crippen molar-refractivity contribution in [3.8, 4) is 0 Å². The molecule has 1 nitrogen and oxygen atoms in total. The van der Waals surface area contributed by atoms with Gasteiger partial charge in [-0.3, -0.25) is 0 Å². The van der Waals surface area contributed by atoms with Crippen molar-refractivity contribution < 1.29 is 4.74 Å². The lowest BCUT2D eigenvalue weighted by Crippen LogP contribution is -1.73. The van der Waals surface area contributed by atoms with Crippen molar-refractivity contribution in [2.75, 3.05) is 6.61 Å². The van der Waals surface area contributed by atoms with E-state index < -0.39 is 0 Å². The number of rotatable bonds is 2. The number of hydrogen-bond acceptors (Lipinski definition) is 1. The molecule has 1 saturated heterocycles. The molecule has 2 rings (SSSR count). The van der Waals surface area contributed by atoms with E-state index in [2.05, 4.69) is 13.5 Å². The third kappa shape index (κ3) is 3.95. The van der Waals surface area contributed by atoms with Crippen LogP contribution in [-0.2, 0) is 4.74 Å². The quantitative estimate of drug-likeness (QED) is 0.677. The Balaban J connectivity index is 0.000000165. The normalized spacial score (nSPS) is 18.0. The van der Waals surface area contributed by atoms with Gasteiger partial charge in [0.25, 0.3) is 0 Å². The van der Waals surface area contributed by atoms with Crippen molar-refractivity contribution in [3.05, 3.63) is 41.4 Å². The number of halogens is 1. The molecule has 0 aliphatic carbocycles. The predicted octanol–water partition coefficient (Wildman–Crippen LogP) is 3.78. The lowest BCUT2D eigenvalue weighted by molar-refractivity contribution is 0.403. The Morgan fingerprint density at radius 1 is 1.57 bits per heavy atom. The zero-order chi connectivity index (χ0) is 10.4. The van der Waals surface area contributed by atoms with E-state index in [0.29, 0.717) is 6.10 Å². The molecule has 2 heteroatoms. The van der Waals surface area contributed by atoms with Crippen LogP contribution < -0.4 is 0 Å². The highest BCUT2D eigenvalue weighted by Crippen LogP contribution is 2.14. The number of hydrogen-bond donors (Lipinski definition) is 0. The summed E-state index contributed by atoms with van der Waals surface area (Å²) in [5.41, 5.74) is 0.985. The molecule has 1 aliphatic rings. The molecule has 14 heavy (non-hydrogen) atoms. The standard InChI is InChI=1S/C8H7Cl.C4H8O/c1-2-7-5-3-4-6-8(7)9;1-2-4-3-5-4/h2-6H,1H2;4H,2-3H2,1H3. The fraction of sp³-hybridized carbons (Fsp3) is 0.333. The van der Waals surface area contributed by atoms with E-state index in [0.717, 1.165) is 17.2 Å². The van der Waals surface area contributed by atoms with E-state index in [1.807, 2.05) is 24.3 Å². The van der Waals surface area contributed by atoms with Crippen molar-refractivity contribution in [2.45, 2.75) is 19.4 Å². The monoisotopic (exact) mass is 210 g/mol. The maximum Gasteiger partial charge on any atom is 0.0807 e. The van der Waals surface area contributed by atoms with Crippen LogP contribution in [-0.4, -0.2) is 12.7 Å². The van der Waals surface area contributed by atoms with Crippen LogP contribution in [0.3, 0.4) is 0 Å². The van der Waals surface area contributed by atoms with E-state index in [1.54, 1.807) is 6.08 Å². The summed E-state index contributed by atoms with van der Waals surface area (Å²) in [7, 11) is 0. The molecule has 0 N–H and O–H groups in total. The molecular weight excluding hydrogens is 196 g/mol. The molecule has 0 aromatic heterocycles. The van der Waals surface area contributed by atoms with Gasteiger partial charge < -0.3 is 4.74 Å². The maximum absolute atomic E-state index is 5.75. The Morgan fingerprint density at radius 3 is 2.50 bits per heavy atom. The van der Waals surface area contributed by atoms with E-state index in [-0.39, 0.29) is 0 Å². The van der Waals surface area contributed by atoms with Gasteiger partial charge in [0, 0.05) is 5.02 Å². The first-order valence-electron chi connectivity index (χ1n) is 4.76. The smallest absolute Gasteiger partial charge is 0.0807 e. The molecule has 0 saturated carbocycles. The maximum atomic E-state index is 5.75. The summed E-state index contributed by atoms with van der Waals surface area (Å²) in [6.07, 6.45) is 3.57. The Bertz CT molecular complexity index is 292. The molecule has 1 aliphatic heterocycles. The van der Waals surface area contributed by atoms with E-state index in [1.165, 1.54) is 6.42 Å². The molecule has 0 spiro atoms. The summed E-state index contributed by atoms with van der Waals surface area (Å²) in [4.78, 5) is 0. The average Bonchev–Trinajstić information content (AvgIpc) is 3.03. The highest BCUT2D eigenvalue weighted by molar-refractivity contribution is 6.32. The third-order valence-electron chi connectivity index (χ3n) is 1.98. The second kappa shape index (κ2) is 5.84. The predicted molar refractivity (Wildman–Crippen MR) is 61.6 cm³/mol. The minimum atomic E-state index is 0.634. The topological polar surface area (TPSA) is 12.5 Å². The Labute approximate surface area is 90.3 Å². The molecule has 76 valence electrons. The van der Waals surface area contributed by atoms with Crippen LogP contribution >= 0.6 is 11.6 Å². The van der Waals surface area contributed by atoms with Crippen molar-refractivity contribution in [1.29, 1.82) is 0 Å². The number of ether oxygens (including phenoxy) is 1. The Kier molecular flexibility index (Phi) is 4.71. The van der Waals surface area contributed by atoms with E-state index >= 15 is 0 Å². The zero-order valence-corrected chi connectivity index (χ0v) is 9.13. The lowest BCUT2D eigenvalue weighted by atomic mass is 10.2. The van der Waals surface area contributed by atoms with Gasteiger partial charge in [-0.1, -0.05) is 49.4 Å². The second-order valence-electron chi connectivity index (χ2n) is 3.09. The first kappa shape index (κ1) is 11.3. The van der Waals surface area contributed by atoms with Gasteiger partial charge in [-0.2, -0.15) is 0 Å². The first-order chi connectivity index (χ1) is 6.77. The van der Waals surface area contributed by atoms with E-state index in [4.69, 9.17) is 16.3 Å². The highest BCUT2D eigenvalue weighted by atomic mass is 35.5. The van der Waals surface area contributed by atoms with Gasteiger partial charge >= 0.3 is 0 Å². The van der Waals surface area contributed by atoms with Gasteiger partial charge in [-0.25, -0.2) is 0 Å². The van der Waals surface area contributed by atoms with Gasteiger partial charge in [0.15, 0.2) is 0 Å². The minimum Gasteiger partial charge on any atom is -0.373 e. The van der Waals surface area contributed by atoms with Crippen molar-refractivity contribution >= 4 is 17.7 Å². The lowest BCUT2D eigenvalue weighted by Gasteiger charge is -1.92. The summed E-state index contributed by atoms with van der Waals surface area (Å²) < 4.78 is 4.86. The average molecular weight is 211 g/mol. The van der Waals surface area contributed by atoms with Crippen LogP contribution in [0.2, 0.25) is 5.02 Å². The SMILES string of the molecule is C=Cc1ccccc1Cl.CCC1CO1. The first-order valence-corrected chi connectivity index (χ1v) is 5.14.